The zero-order chi connectivity index (χ0) is 18.6. The summed E-state index contributed by atoms with van der Waals surface area (Å²) in [5, 5.41) is 6.48. The Kier molecular flexibility index (Phi) is 4.47. The second kappa shape index (κ2) is 6.41. The largest absolute Gasteiger partial charge is 0.444 e. The van der Waals surface area contributed by atoms with E-state index in [-0.39, 0.29) is 18.2 Å². The van der Waals surface area contributed by atoms with Gasteiger partial charge in [-0.05, 0) is 74.5 Å². The smallest absolute Gasteiger partial charge is 0.410 e. The number of piperidine rings is 1. The average Bonchev–Trinajstić information content (AvgIpc) is 3.04. The van der Waals surface area contributed by atoms with Crippen molar-refractivity contribution in [3.8, 4) is 0 Å². The summed E-state index contributed by atoms with van der Waals surface area (Å²) in [4.78, 5) is 14.6. The van der Waals surface area contributed by atoms with Crippen LogP contribution in [0.25, 0.3) is 10.9 Å². The first-order chi connectivity index (χ1) is 12.2. The molecule has 26 heavy (non-hydrogen) atoms. The Morgan fingerprint density at radius 3 is 2.50 bits per heavy atom. The van der Waals surface area contributed by atoms with Crippen LogP contribution in [-0.4, -0.2) is 38.5 Å². The van der Waals surface area contributed by atoms with Crippen LogP contribution in [0.1, 0.15) is 52.5 Å². The number of nitrogens with zero attached hydrogens (tertiary/aromatic N) is 3. The molecule has 5 nitrogen and oxygen atoms in total. The summed E-state index contributed by atoms with van der Waals surface area (Å²) in [7, 11) is 0. The van der Waals surface area contributed by atoms with Gasteiger partial charge >= 0.3 is 6.09 Å². The van der Waals surface area contributed by atoms with Crippen molar-refractivity contribution in [2.24, 2.45) is 0 Å². The molecule has 2 saturated heterocycles. The fraction of sp³-hybridized carbons (Fsp3) is 0.579. The highest BCUT2D eigenvalue weighted by Crippen LogP contribution is 2.42. The lowest BCUT2D eigenvalue weighted by Crippen LogP contribution is -2.48. The van der Waals surface area contributed by atoms with Gasteiger partial charge < -0.3 is 9.64 Å². The first kappa shape index (κ1) is 18.1. The normalized spacial score (nSPS) is 25.7. The molecule has 2 aliphatic rings. The third kappa shape index (κ3) is 3.33. The van der Waals surface area contributed by atoms with E-state index in [1.807, 2.05) is 37.8 Å². The minimum absolute atomic E-state index is 0.176. The van der Waals surface area contributed by atoms with Crippen molar-refractivity contribution in [1.82, 2.24) is 14.7 Å². The quantitative estimate of drug-likeness (QED) is 0.583. The van der Waals surface area contributed by atoms with Gasteiger partial charge in [0.1, 0.15) is 5.60 Å². The van der Waals surface area contributed by atoms with E-state index in [1.54, 1.807) is 0 Å². The van der Waals surface area contributed by atoms with Gasteiger partial charge in [0.15, 0.2) is 0 Å². The maximum Gasteiger partial charge on any atom is 0.410 e. The number of hydrogen-bond acceptors (Lipinski definition) is 3. The molecule has 2 aliphatic heterocycles. The molecular formula is C19H23BrClN3O2. The molecule has 140 valence electrons. The van der Waals surface area contributed by atoms with Gasteiger partial charge in [-0.1, -0.05) is 11.6 Å². The van der Waals surface area contributed by atoms with Gasteiger partial charge in [-0.25, -0.2) is 4.79 Å². The standard InChI is InChI=1S/C19H23BrClN3O2/c1-19(2,3)26-18(25)24-12-4-5-13(24)8-14(7-12)23-10-11-6-15(20)16(21)9-17(11)22-23/h6,9-10,12-14H,4-5,7-8H2,1-3H3. The number of carbonyl (C=O) groups excluding carboxylic acids is 1. The number of rotatable bonds is 1. The van der Waals surface area contributed by atoms with Crippen LogP contribution in [0.2, 0.25) is 5.02 Å². The first-order valence-corrected chi connectivity index (χ1v) is 10.2. The molecule has 0 N–H and O–H groups in total. The Morgan fingerprint density at radius 2 is 1.88 bits per heavy atom. The second-order valence-corrected chi connectivity index (χ2v) is 9.59. The number of ether oxygens (including phenoxy) is 1. The van der Waals surface area contributed by atoms with Crippen LogP contribution < -0.4 is 0 Å². The van der Waals surface area contributed by atoms with Crippen molar-refractivity contribution in [3.05, 3.63) is 27.8 Å². The van der Waals surface area contributed by atoms with Crippen molar-refractivity contribution in [1.29, 1.82) is 0 Å². The number of halogens is 2. The summed E-state index contributed by atoms with van der Waals surface area (Å²) in [6, 6.07) is 4.66. The minimum atomic E-state index is -0.459. The predicted molar refractivity (Wildman–Crippen MR) is 106 cm³/mol. The van der Waals surface area contributed by atoms with E-state index in [4.69, 9.17) is 21.4 Å². The lowest BCUT2D eigenvalue weighted by molar-refractivity contribution is 0.00235. The molecule has 0 spiro atoms. The van der Waals surface area contributed by atoms with Crippen LogP contribution in [0.4, 0.5) is 4.79 Å². The Labute approximate surface area is 166 Å². The molecule has 0 saturated carbocycles. The summed E-state index contributed by atoms with van der Waals surface area (Å²) in [6.45, 7) is 5.74. The molecule has 0 aliphatic carbocycles. The highest BCUT2D eigenvalue weighted by Gasteiger charge is 2.45. The second-order valence-electron chi connectivity index (χ2n) is 8.33. The number of hydrogen-bond donors (Lipinski definition) is 0. The minimum Gasteiger partial charge on any atom is -0.444 e. The van der Waals surface area contributed by atoms with E-state index in [2.05, 4.69) is 26.8 Å². The summed E-state index contributed by atoms with van der Waals surface area (Å²) < 4.78 is 8.56. The fourth-order valence-corrected chi connectivity index (χ4v) is 4.72. The van der Waals surface area contributed by atoms with E-state index in [0.29, 0.717) is 11.1 Å². The van der Waals surface area contributed by atoms with Crippen LogP contribution in [0.5, 0.6) is 0 Å². The summed E-state index contributed by atoms with van der Waals surface area (Å²) in [5.41, 5.74) is 0.444. The van der Waals surface area contributed by atoms with Crippen molar-refractivity contribution in [2.75, 3.05) is 0 Å². The van der Waals surface area contributed by atoms with Gasteiger partial charge in [0, 0.05) is 28.1 Å². The Morgan fingerprint density at radius 1 is 1.23 bits per heavy atom. The molecule has 3 heterocycles. The van der Waals surface area contributed by atoms with E-state index in [0.717, 1.165) is 41.1 Å². The van der Waals surface area contributed by atoms with Crippen LogP contribution in [-0.2, 0) is 4.74 Å². The molecule has 2 bridgehead atoms. The number of amides is 1. The van der Waals surface area contributed by atoms with Crippen LogP contribution in [0.3, 0.4) is 0 Å². The lowest BCUT2D eigenvalue weighted by Gasteiger charge is -2.39. The number of benzene rings is 1. The summed E-state index contributed by atoms with van der Waals surface area (Å²) >= 11 is 9.66. The maximum atomic E-state index is 12.6. The third-order valence-corrected chi connectivity index (χ3v) is 6.45. The van der Waals surface area contributed by atoms with Crippen molar-refractivity contribution < 1.29 is 9.53 Å². The molecule has 1 aromatic carbocycles. The van der Waals surface area contributed by atoms with E-state index < -0.39 is 5.60 Å². The molecule has 2 fully saturated rings. The Balaban J connectivity index is 1.55. The maximum absolute atomic E-state index is 12.6. The van der Waals surface area contributed by atoms with Crippen molar-refractivity contribution >= 4 is 44.5 Å². The van der Waals surface area contributed by atoms with E-state index in [1.165, 1.54) is 0 Å². The number of carbonyl (C=O) groups is 1. The fourth-order valence-electron chi connectivity index (χ4n) is 4.20. The van der Waals surface area contributed by atoms with Gasteiger partial charge in [0.05, 0.1) is 16.6 Å². The molecule has 2 unspecified atom stereocenters. The zero-order valence-electron chi connectivity index (χ0n) is 15.2. The molecule has 2 atom stereocenters. The summed E-state index contributed by atoms with van der Waals surface area (Å²) in [6.07, 6.45) is 5.82. The average molecular weight is 441 g/mol. The molecule has 4 rings (SSSR count). The van der Waals surface area contributed by atoms with Gasteiger partial charge in [-0.15, -0.1) is 0 Å². The van der Waals surface area contributed by atoms with Gasteiger partial charge in [-0.3, -0.25) is 4.68 Å². The Bertz CT molecular complexity index is 807. The zero-order valence-corrected chi connectivity index (χ0v) is 17.5. The van der Waals surface area contributed by atoms with Crippen molar-refractivity contribution in [2.45, 2.75) is 70.2 Å². The van der Waals surface area contributed by atoms with Gasteiger partial charge in [-0.2, -0.15) is 5.10 Å². The SMILES string of the molecule is CC(C)(C)OC(=O)N1C2CCC1CC(n1cc3cc(Br)c(Cl)cc3n1)C2. The monoisotopic (exact) mass is 439 g/mol. The predicted octanol–water partition coefficient (Wildman–Crippen LogP) is 5.56. The molecule has 1 amide bonds. The highest BCUT2D eigenvalue weighted by atomic mass is 79.9. The third-order valence-electron chi connectivity index (χ3n) is 5.25. The lowest BCUT2D eigenvalue weighted by atomic mass is 9.98. The first-order valence-electron chi connectivity index (χ1n) is 9.06. The highest BCUT2D eigenvalue weighted by molar-refractivity contribution is 9.10. The molecule has 1 aromatic heterocycles. The van der Waals surface area contributed by atoms with Crippen LogP contribution in [0.15, 0.2) is 22.8 Å². The molecule has 7 heteroatoms. The molecule has 2 aromatic rings. The van der Waals surface area contributed by atoms with Gasteiger partial charge in [0.2, 0.25) is 0 Å². The van der Waals surface area contributed by atoms with Crippen LogP contribution >= 0.6 is 27.5 Å². The van der Waals surface area contributed by atoms with Crippen molar-refractivity contribution in [3.63, 3.8) is 0 Å². The van der Waals surface area contributed by atoms with E-state index in [9.17, 15) is 4.79 Å². The topological polar surface area (TPSA) is 47.4 Å². The number of fused-ring (bicyclic) bond motifs is 3. The molecular weight excluding hydrogens is 418 g/mol. The summed E-state index contributed by atoms with van der Waals surface area (Å²) in [5.74, 6) is 0. The number of aromatic nitrogens is 2. The van der Waals surface area contributed by atoms with E-state index >= 15 is 0 Å². The van der Waals surface area contributed by atoms with Crippen LogP contribution in [0, 0.1) is 0 Å². The van der Waals surface area contributed by atoms with Gasteiger partial charge in [0.25, 0.3) is 0 Å². The Hall–Kier alpha value is -1.27. The molecule has 0 radical (unpaired) electrons.